The maximum absolute atomic E-state index is 13.5. The molecule has 3 aromatic rings. The molecule has 0 bridgehead atoms. The van der Waals surface area contributed by atoms with Crippen LogP contribution in [0.1, 0.15) is 30.5 Å². The second-order valence-electron chi connectivity index (χ2n) is 10.7. The van der Waals surface area contributed by atoms with Crippen molar-refractivity contribution in [3.05, 3.63) is 108 Å². The van der Waals surface area contributed by atoms with E-state index in [0.717, 1.165) is 16.7 Å². The number of thioether (sulfide) groups is 1. The molecule has 0 aromatic heterocycles. The van der Waals surface area contributed by atoms with Gasteiger partial charge in [0.15, 0.2) is 0 Å². The van der Waals surface area contributed by atoms with Crippen LogP contribution in [-0.2, 0) is 33.8 Å². The molecule has 41 heavy (non-hydrogen) atoms. The van der Waals surface area contributed by atoms with Crippen LogP contribution in [0.4, 0.5) is 0 Å². The fourth-order valence-corrected chi connectivity index (χ4v) is 6.37. The fraction of sp³-hybridized carbons (Fsp3) is 0.344. The first-order valence-electron chi connectivity index (χ1n) is 13.8. The van der Waals surface area contributed by atoms with Crippen LogP contribution in [0.3, 0.4) is 0 Å². The Morgan fingerprint density at radius 3 is 2.00 bits per heavy atom. The smallest absolute Gasteiger partial charge is 0.245 e. The minimum atomic E-state index is -0.921. The summed E-state index contributed by atoms with van der Waals surface area (Å²) in [5.41, 5.74) is 2.79. The number of carbonyl (C=O) groups excluding carboxylic acids is 3. The highest BCUT2D eigenvalue weighted by Crippen LogP contribution is 2.39. The number of hydrogen-bond acceptors (Lipinski definition) is 6. The van der Waals surface area contributed by atoms with E-state index in [-0.39, 0.29) is 30.7 Å². The molecule has 9 heteroatoms. The molecule has 216 valence electrons. The van der Waals surface area contributed by atoms with Gasteiger partial charge in [0.05, 0.1) is 24.4 Å². The van der Waals surface area contributed by atoms with Crippen molar-refractivity contribution in [3.8, 4) is 0 Å². The van der Waals surface area contributed by atoms with Crippen LogP contribution >= 0.6 is 11.8 Å². The van der Waals surface area contributed by atoms with E-state index >= 15 is 0 Å². The number of aliphatic hydroxyl groups is 1. The summed E-state index contributed by atoms with van der Waals surface area (Å²) in [4.78, 5) is 40.0. The Balaban J connectivity index is 1.46. The monoisotopic (exact) mass is 574 g/mol. The van der Waals surface area contributed by atoms with Gasteiger partial charge in [0.25, 0.3) is 0 Å². The van der Waals surface area contributed by atoms with Crippen molar-refractivity contribution < 1.29 is 19.5 Å². The van der Waals surface area contributed by atoms with Crippen molar-refractivity contribution in [1.29, 1.82) is 0 Å². The first-order valence-corrected chi connectivity index (χ1v) is 14.7. The highest BCUT2D eigenvalue weighted by atomic mass is 32.2. The SMILES string of the molecule is CC1(C)SC(C(NC(=O)Cc2ccccc2)C(=O)NCc2ccccc2)NC1C(=O)NC(CO)Cc1ccccc1. The quantitative estimate of drug-likeness (QED) is 0.227. The second kappa shape index (κ2) is 14.3. The molecular formula is C32H38N4O4S. The Morgan fingerprint density at radius 2 is 1.41 bits per heavy atom. The van der Waals surface area contributed by atoms with Gasteiger partial charge in [-0.05, 0) is 37.0 Å². The van der Waals surface area contributed by atoms with Gasteiger partial charge >= 0.3 is 0 Å². The van der Waals surface area contributed by atoms with Crippen molar-refractivity contribution >= 4 is 29.5 Å². The largest absolute Gasteiger partial charge is 0.394 e. The molecule has 3 aromatic carbocycles. The lowest BCUT2D eigenvalue weighted by Crippen LogP contribution is -2.58. The minimum Gasteiger partial charge on any atom is -0.394 e. The first kappa shape index (κ1) is 30.3. The Bertz CT molecular complexity index is 1290. The number of nitrogens with one attached hydrogen (secondary N) is 4. The number of amides is 3. The predicted molar refractivity (Wildman–Crippen MR) is 162 cm³/mol. The lowest BCUT2D eigenvalue weighted by Gasteiger charge is -2.26. The summed E-state index contributed by atoms with van der Waals surface area (Å²) >= 11 is 1.44. The van der Waals surface area contributed by atoms with Crippen LogP contribution in [-0.4, -0.2) is 57.7 Å². The molecule has 4 atom stereocenters. The van der Waals surface area contributed by atoms with Gasteiger partial charge in [0.1, 0.15) is 12.1 Å². The predicted octanol–water partition coefficient (Wildman–Crippen LogP) is 2.56. The molecule has 1 heterocycles. The second-order valence-corrected chi connectivity index (χ2v) is 12.5. The van der Waals surface area contributed by atoms with Gasteiger partial charge in [-0.3, -0.25) is 19.7 Å². The number of hydrogen-bond donors (Lipinski definition) is 5. The van der Waals surface area contributed by atoms with Gasteiger partial charge in [0.2, 0.25) is 17.7 Å². The Morgan fingerprint density at radius 1 is 0.854 bits per heavy atom. The van der Waals surface area contributed by atoms with E-state index in [1.807, 2.05) is 105 Å². The summed E-state index contributed by atoms with van der Waals surface area (Å²) in [5.74, 6) is -0.888. The summed E-state index contributed by atoms with van der Waals surface area (Å²) in [6.45, 7) is 3.98. The highest BCUT2D eigenvalue weighted by molar-refractivity contribution is 8.01. The third-order valence-corrected chi connectivity index (χ3v) is 8.53. The van der Waals surface area contributed by atoms with Gasteiger partial charge < -0.3 is 21.1 Å². The van der Waals surface area contributed by atoms with Crippen molar-refractivity contribution in [3.63, 3.8) is 0 Å². The van der Waals surface area contributed by atoms with Crippen molar-refractivity contribution in [2.24, 2.45) is 0 Å². The normalized spacial score (nSPS) is 19.1. The number of carbonyl (C=O) groups is 3. The summed E-state index contributed by atoms with van der Waals surface area (Å²) in [6, 6.07) is 26.5. The van der Waals surface area contributed by atoms with E-state index in [1.54, 1.807) is 0 Å². The highest BCUT2D eigenvalue weighted by Gasteiger charge is 2.49. The average Bonchev–Trinajstić information content (AvgIpc) is 3.30. The zero-order chi connectivity index (χ0) is 29.2. The molecule has 0 radical (unpaired) electrons. The molecule has 1 aliphatic heterocycles. The van der Waals surface area contributed by atoms with E-state index in [9.17, 15) is 19.5 Å². The third kappa shape index (κ3) is 8.66. The summed E-state index contributed by atoms with van der Waals surface area (Å²) in [6.07, 6.45) is 0.624. The molecule has 1 fully saturated rings. The molecule has 4 rings (SSSR count). The lowest BCUT2D eigenvalue weighted by molar-refractivity contribution is -0.129. The molecule has 3 amide bonds. The Kier molecular flexibility index (Phi) is 10.6. The third-order valence-electron chi connectivity index (χ3n) is 7.03. The van der Waals surface area contributed by atoms with Crippen LogP contribution in [0.5, 0.6) is 0 Å². The zero-order valence-corrected chi connectivity index (χ0v) is 24.2. The first-order chi connectivity index (χ1) is 19.7. The van der Waals surface area contributed by atoms with E-state index in [4.69, 9.17) is 0 Å². The summed E-state index contributed by atoms with van der Waals surface area (Å²) in [5, 5.41) is 21.5. The van der Waals surface area contributed by atoms with Crippen LogP contribution < -0.4 is 21.3 Å². The van der Waals surface area contributed by atoms with Crippen LogP contribution in [0.2, 0.25) is 0 Å². The molecule has 0 spiro atoms. The van der Waals surface area contributed by atoms with E-state index in [0.29, 0.717) is 13.0 Å². The van der Waals surface area contributed by atoms with Gasteiger partial charge in [0, 0.05) is 11.3 Å². The maximum Gasteiger partial charge on any atom is 0.245 e. The minimum absolute atomic E-state index is 0.131. The van der Waals surface area contributed by atoms with Crippen LogP contribution in [0, 0.1) is 0 Å². The van der Waals surface area contributed by atoms with Gasteiger partial charge in [-0.25, -0.2) is 0 Å². The van der Waals surface area contributed by atoms with E-state index in [2.05, 4.69) is 21.3 Å². The molecule has 1 saturated heterocycles. The average molecular weight is 575 g/mol. The number of rotatable bonds is 12. The molecule has 8 nitrogen and oxygen atoms in total. The Labute approximate surface area is 245 Å². The fourth-order valence-electron chi connectivity index (χ4n) is 4.87. The summed E-state index contributed by atoms with van der Waals surface area (Å²) < 4.78 is -0.594. The molecule has 0 aliphatic carbocycles. The number of benzene rings is 3. The van der Waals surface area contributed by atoms with Crippen molar-refractivity contribution in [2.45, 2.75) is 61.5 Å². The van der Waals surface area contributed by atoms with E-state index in [1.165, 1.54) is 11.8 Å². The van der Waals surface area contributed by atoms with Gasteiger partial charge in [-0.1, -0.05) is 91.0 Å². The van der Waals surface area contributed by atoms with Crippen molar-refractivity contribution in [1.82, 2.24) is 21.3 Å². The molecular weight excluding hydrogens is 536 g/mol. The van der Waals surface area contributed by atoms with Crippen LogP contribution in [0.15, 0.2) is 91.0 Å². The van der Waals surface area contributed by atoms with Crippen molar-refractivity contribution in [2.75, 3.05) is 6.61 Å². The molecule has 5 N–H and O–H groups in total. The van der Waals surface area contributed by atoms with Crippen LogP contribution in [0.25, 0.3) is 0 Å². The number of aliphatic hydroxyl groups excluding tert-OH is 1. The summed E-state index contributed by atoms with van der Waals surface area (Å²) in [7, 11) is 0. The van der Waals surface area contributed by atoms with E-state index < -0.39 is 28.2 Å². The zero-order valence-electron chi connectivity index (χ0n) is 23.4. The standard InChI is InChI=1S/C32H38N4O4S/c1-32(2)28(30(40)34-25(21-37)18-22-12-6-3-7-13-22)36-31(41-32)27(29(39)33-20-24-16-10-5-11-17-24)35-26(38)19-23-14-8-4-9-15-23/h3-17,25,27-28,31,36-37H,18-21H2,1-2H3,(H,33,39)(H,34,40)(H,35,38). The molecule has 0 saturated carbocycles. The lowest BCUT2D eigenvalue weighted by atomic mass is 10.0. The van der Waals surface area contributed by atoms with Gasteiger partial charge in [-0.15, -0.1) is 11.8 Å². The van der Waals surface area contributed by atoms with Gasteiger partial charge in [-0.2, -0.15) is 0 Å². The Hall–Kier alpha value is -3.66. The maximum atomic E-state index is 13.5. The topological polar surface area (TPSA) is 120 Å². The molecule has 1 aliphatic rings. The molecule has 4 unspecified atom stereocenters.